The minimum absolute atomic E-state index is 0.287. The molecule has 3 heteroatoms. The SMILES string of the molecule is CC(O)c1ccncc1F. The van der Waals surface area contributed by atoms with Gasteiger partial charge in [0.1, 0.15) is 5.82 Å². The molecular weight excluding hydrogens is 133 g/mol. The van der Waals surface area contributed by atoms with E-state index in [0.29, 0.717) is 0 Å². The van der Waals surface area contributed by atoms with Crippen LogP contribution >= 0.6 is 0 Å². The maximum absolute atomic E-state index is 12.6. The Hall–Kier alpha value is -0.960. The zero-order valence-corrected chi connectivity index (χ0v) is 5.58. The van der Waals surface area contributed by atoms with E-state index in [1.165, 1.54) is 19.2 Å². The van der Waals surface area contributed by atoms with Crippen molar-refractivity contribution in [1.29, 1.82) is 0 Å². The van der Waals surface area contributed by atoms with Crippen molar-refractivity contribution in [2.45, 2.75) is 13.0 Å². The Morgan fingerprint density at radius 2 is 2.40 bits per heavy atom. The second-order valence-corrected chi connectivity index (χ2v) is 2.07. The summed E-state index contributed by atoms with van der Waals surface area (Å²) < 4.78 is 12.6. The van der Waals surface area contributed by atoms with Gasteiger partial charge in [0.25, 0.3) is 0 Å². The fraction of sp³-hybridized carbons (Fsp3) is 0.286. The van der Waals surface area contributed by atoms with Crippen molar-refractivity contribution >= 4 is 0 Å². The second kappa shape index (κ2) is 2.75. The molecule has 1 rings (SSSR count). The maximum Gasteiger partial charge on any atom is 0.147 e. The van der Waals surface area contributed by atoms with Crippen molar-refractivity contribution in [3.8, 4) is 0 Å². The number of hydrogen-bond acceptors (Lipinski definition) is 2. The fourth-order valence-corrected chi connectivity index (χ4v) is 0.725. The van der Waals surface area contributed by atoms with E-state index in [2.05, 4.69) is 4.98 Å². The third-order valence-corrected chi connectivity index (χ3v) is 1.25. The van der Waals surface area contributed by atoms with Crippen molar-refractivity contribution in [3.05, 3.63) is 29.8 Å². The van der Waals surface area contributed by atoms with Gasteiger partial charge in [0.2, 0.25) is 0 Å². The first-order valence-corrected chi connectivity index (χ1v) is 2.99. The van der Waals surface area contributed by atoms with Crippen LogP contribution in [0.4, 0.5) is 4.39 Å². The molecular formula is C7H8FNO. The maximum atomic E-state index is 12.6. The normalized spacial score (nSPS) is 13.1. The molecule has 0 bridgehead atoms. The van der Waals surface area contributed by atoms with E-state index in [4.69, 9.17) is 5.11 Å². The minimum Gasteiger partial charge on any atom is -0.389 e. The Labute approximate surface area is 58.3 Å². The van der Waals surface area contributed by atoms with Crippen LogP contribution in [0.3, 0.4) is 0 Å². The predicted octanol–water partition coefficient (Wildman–Crippen LogP) is 1.27. The summed E-state index contributed by atoms with van der Waals surface area (Å²) in [6.07, 6.45) is 1.77. The van der Waals surface area contributed by atoms with E-state index in [9.17, 15) is 4.39 Å². The van der Waals surface area contributed by atoms with Gasteiger partial charge in [0.05, 0.1) is 12.3 Å². The number of aliphatic hydroxyl groups excluding tert-OH is 1. The summed E-state index contributed by atoms with van der Waals surface area (Å²) >= 11 is 0. The Kier molecular flexibility index (Phi) is 1.97. The third kappa shape index (κ3) is 1.30. The molecule has 1 aromatic heterocycles. The Morgan fingerprint density at radius 3 is 2.80 bits per heavy atom. The number of aromatic nitrogens is 1. The molecule has 1 atom stereocenters. The van der Waals surface area contributed by atoms with Gasteiger partial charge in [-0.05, 0) is 13.0 Å². The van der Waals surface area contributed by atoms with Crippen LogP contribution in [0.1, 0.15) is 18.6 Å². The Bertz CT molecular complexity index is 225. The van der Waals surface area contributed by atoms with Gasteiger partial charge in [-0.25, -0.2) is 4.39 Å². The molecule has 0 saturated carbocycles. The zero-order valence-electron chi connectivity index (χ0n) is 5.58. The van der Waals surface area contributed by atoms with E-state index in [-0.39, 0.29) is 5.56 Å². The molecule has 54 valence electrons. The first-order chi connectivity index (χ1) is 4.72. The second-order valence-electron chi connectivity index (χ2n) is 2.07. The molecule has 2 nitrogen and oxygen atoms in total. The highest BCUT2D eigenvalue weighted by Gasteiger charge is 2.05. The van der Waals surface area contributed by atoms with Gasteiger partial charge in [0.15, 0.2) is 0 Å². The Balaban J connectivity index is 3.03. The van der Waals surface area contributed by atoms with Gasteiger partial charge in [-0.15, -0.1) is 0 Å². The van der Waals surface area contributed by atoms with Crippen molar-refractivity contribution in [2.75, 3.05) is 0 Å². The number of pyridine rings is 1. The number of nitrogens with zero attached hydrogens (tertiary/aromatic N) is 1. The summed E-state index contributed by atoms with van der Waals surface area (Å²) in [7, 11) is 0. The molecule has 0 amide bonds. The lowest BCUT2D eigenvalue weighted by Crippen LogP contribution is -1.95. The third-order valence-electron chi connectivity index (χ3n) is 1.25. The van der Waals surface area contributed by atoms with Gasteiger partial charge in [-0.3, -0.25) is 4.98 Å². The smallest absolute Gasteiger partial charge is 0.147 e. The van der Waals surface area contributed by atoms with Gasteiger partial charge >= 0.3 is 0 Å². The molecule has 1 aromatic rings. The van der Waals surface area contributed by atoms with Crippen LogP contribution < -0.4 is 0 Å². The number of halogens is 1. The standard InChI is InChI=1S/C7H8FNO/c1-5(10)6-2-3-9-4-7(6)8/h2-5,10H,1H3. The highest BCUT2D eigenvalue weighted by atomic mass is 19.1. The fourth-order valence-electron chi connectivity index (χ4n) is 0.725. The number of aliphatic hydroxyl groups is 1. The van der Waals surface area contributed by atoms with Gasteiger partial charge < -0.3 is 5.11 Å². The van der Waals surface area contributed by atoms with Crippen LogP contribution in [-0.4, -0.2) is 10.1 Å². The first-order valence-electron chi connectivity index (χ1n) is 2.99. The topological polar surface area (TPSA) is 33.1 Å². The van der Waals surface area contributed by atoms with Crippen LogP contribution in [0.25, 0.3) is 0 Å². The number of hydrogen-bond donors (Lipinski definition) is 1. The monoisotopic (exact) mass is 141 g/mol. The van der Waals surface area contributed by atoms with Crippen molar-refractivity contribution in [2.24, 2.45) is 0 Å². The molecule has 1 heterocycles. The van der Waals surface area contributed by atoms with E-state index in [0.717, 1.165) is 6.20 Å². The summed E-state index contributed by atoms with van der Waals surface area (Å²) in [5.41, 5.74) is 0.287. The van der Waals surface area contributed by atoms with Crippen molar-refractivity contribution in [3.63, 3.8) is 0 Å². The van der Waals surface area contributed by atoms with E-state index in [1.54, 1.807) is 0 Å². The molecule has 1 unspecified atom stereocenters. The first kappa shape index (κ1) is 7.15. The zero-order chi connectivity index (χ0) is 7.56. The van der Waals surface area contributed by atoms with Crippen molar-refractivity contribution in [1.82, 2.24) is 4.98 Å². The minimum atomic E-state index is -0.761. The molecule has 0 saturated heterocycles. The molecule has 0 aliphatic carbocycles. The molecule has 0 aliphatic rings. The quantitative estimate of drug-likeness (QED) is 0.639. The van der Waals surface area contributed by atoms with Gasteiger partial charge in [-0.1, -0.05) is 0 Å². The largest absolute Gasteiger partial charge is 0.389 e. The van der Waals surface area contributed by atoms with Crippen LogP contribution in [0.5, 0.6) is 0 Å². The van der Waals surface area contributed by atoms with Crippen LogP contribution in [0.2, 0.25) is 0 Å². The average molecular weight is 141 g/mol. The predicted molar refractivity (Wildman–Crippen MR) is 34.8 cm³/mol. The molecule has 0 aliphatic heterocycles. The van der Waals surface area contributed by atoms with Crippen LogP contribution in [0, 0.1) is 5.82 Å². The van der Waals surface area contributed by atoms with Gasteiger partial charge in [0, 0.05) is 11.8 Å². The molecule has 10 heavy (non-hydrogen) atoms. The van der Waals surface area contributed by atoms with Gasteiger partial charge in [-0.2, -0.15) is 0 Å². The summed E-state index contributed by atoms with van der Waals surface area (Å²) in [6, 6.07) is 1.46. The lowest BCUT2D eigenvalue weighted by atomic mass is 10.2. The number of rotatable bonds is 1. The highest BCUT2D eigenvalue weighted by Crippen LogP contribution is 2.13. The highest BCUT2D eigenvalue weighted by molar-refractivity contribution is 5.14. The lowest BCUT2D eigenvalue weighted by Gasteiger charge is -2.03. The molecule has 0 aromatic carbocycles. The van der Waals surface area contributed by atoms with Crippen LogP contribution in [-0.2, 0) is 0 Å². The summed E-state index contributed by atoms with van der Waals surface area (Å²) in [4.78, 5) is 3.54. The van der Waals surface area contributed by atoms with Crippen molar-refractivity contribution < 1.29 is 9.50 Å². The molecule has 0 radical (unpaired) electrons. The summed E-state index contributed by atoms with van der Waals surface area (Å²) in [5.74, 6) is -0.461. The molecule has 0 spiro atoms. The summed E-state index contributed by atoms with van der Waals surface area (Å²) in [5, 5.41) is 8.94. The van der Waals surface area contributed by atoms with Crippen LogP contribution in [0.15, 0.2) is 18.5 Å². The average Bonchev–Trinajstić information content (AvgIpc) is 1.88. The van der Waals surface area contributed by atoms with E-state index in [1.807, 2.05) is 0 Å². The molecule has 0 fully saturated rings. The Morgan fingerprint density at radius 1 is 1.70 bits per heavy atom. The lowest BCUT2D eigenvalue weighted by molar-refractivity contribution is 0.194. The molecule has 1 N–H and O–H groups in total. The summed E-state index contributed by atoms with van der Waals surface area (Å²) in [6.45, 7) is 1.51. The van der Waals surface area contributed by atoms with E-state index >= 15 is 0 Å². The van der Waals surface area contributed by atoms with E-state index < -0.39 is 11.9 Å².